The van der Waals surface area contributed by atoms with Crippen LogP contribution in [-0.2, 0) is 0 Å². The summed E-state index contributed by atoms with van der Waals surface area (Å²) < 4.78 is 23.7. The van der Waals surface area contributed by atoms with Crippen LogP contribution in [0.3, 0.4) is 0 Å². The van der Waals surface area contributed by atoms with Gasteiger partial charge in [-0.25, -0.2) is 9.49 Å². The summed E-state index contributed by atoms with van der Waals surface area (Å²) in [7, 11) is 0. The molecular formula is C10H9FN2O2S. The number of hydrogen-bond donors (Lipinski definition) is 1. The fourth-order valence-electron chi connectivity index (χ4n) is 1.20. The maximum atomic E-state index is 13.3. The molecule has 1 N–H and O–H groups in total. The monoisotopic (exact) mass is 240 g/mol. The van der Waals surface area contributed by atoms with Crippen LogP contribution in [0, 0.1) is 10.7 Å². The van der Waals surface area contributed by atoms with Crippen molar-refractivity contribution in [2.24, 2.45) is 0 Å². The van der Waals surface area contributed by atoms with Gasteiger partial charge in [0.15, 0.2) is 17.7 Å². The first-order valence-electron chi connectivity index (χ1n) is 4.63. The van der Waals surface area contributed by atoms with Crippen molar-refractivity contribution in [3.8, 4) is 5.75 Å². The molecule has 2 aromatic rings. The number of halogens is 1. The summed E-state index contributed by atoms with van der Waals surface area (Å²) >= 11 is 4.73. The molecule has 0 aliphatic rings. The molecule has 1 aromatic heterocycles. The zero-order valence-corrected chi connectivity index (χ0v) is 9.25. The number of hydrogen-bond acceptors (Lipinski definition) is 4. The van der Waals surface area contributed by atoms with Crippen LogP contribution in [-0.4, -0.2) is 10.2 Å². The van der Waals surface area contributed by atoms with Gasteiger partial charge >= 0.3 is 0 Å². The zero-order valence-electron chi connectivity index (χ0n) is 8.44. The van der Waals surface area contributed by atoms with Gasteiger partial charge in [0, 0.05) is 0 Å². The molecule has 0 saturated heterocycles. The van der Waals surface area contributed by atoms with Crippen LogP contribution in [0.4, 0.5) is 4.39 Å². The molecule has 1 heterocycles. The van der Waals surface area contributed by atoms with Crippen molar-refractivity contribution < 1.29 is 13.5 Å². The Hall–Kier alpha value is -1.69. The largest absolute Gasteiger partial charge is 0.478 e. The third-order valence-electron chi connectivity index (χ3n) is 1.94. The average Bonchev–Trinajstić information content (AvgIpc) is 2.68. The maximum absolute atomic E-state index is 13.3. The van der Waals surface area contributed by atoms with E-state index in [1.165, 1.54) is 12.1 Å². The number of aromatic amines is 1. The Balaban J connectivity index is 2.16. The molecule has 4 nitrogen and oxygen atoms in total. The van der Waals surface area contributed by atoms with E-state index >= 15 is 0 Å². The van der Waals surface area contributed by atoms with Crippen LogP contribution in [0.5, 0.6) is 5.75 Å². The summed E-state index contributed by atoms with van der Waals surface area (Å²) in [5.74, 6) is 0.0101. The minimum absolute atomic E-state index is 0.152. The van der Waals surface area contributed by atoms with Crippen LogP contribution < -0.4 is 4.74 Å². The molecule has 6 heteroatoms. The zero-order chi connectivity index (χ0) is 11.5. The highest BCUT2D eigenvalue weighted by Gasteiger charge is 2.14. The molecular weight excluding hydrogens is 231 g/mol. The highest BCUT2D eigenvalue weighted by atomic mass is 32.1. The Kier molecular flexibility index (Phi) is 3.00. The van der Waals surface area contributed by atoms with Gasteiger partial charge in [-0.3, -0.25) is 0 Å². The summed E-state index contributed by atoms with van der Waals surface area (Å²) in [6.07, 6.45) is -0.509. The van der Waals surface area contributed by atoms with Crippen molar-refractivity contribution in [1.82, 2.24) is 10.2 Å². The highest BCUT2D eigenvalue weighted by Crippen LogP contribution is 2.22. The van der Waals surface area contributed by atoms with Crippen LogP contribution in [0.25, 0.3) is 0 Å². The van der Waals surface area contributed by atoms with Crippen molar-refractivity contribution in [3.63, 3.8) is 0 Å². The first kappa shape index (κ1) is 10.8. The summed E-state index contributed by atoms with van der Waals surface area (Å²) in [5, 5.41) is 6.27. The van der Waals surface area contributed by atoms with E-state index in [0.29, 0.717) is 0 Å². The minimum Gasteiger partial charge on any atom is -0.478 e. The predicted molar refractivity (Wildman–Crippen MR) is 57.1 cm³/mol. The maximum Gasteiger partial charge on any atom is 0.284 e. The molecule has 0 spiro atoms. The van der Waals surface area contributed by atoms with E-state index in [1.807, 2.05) is 0 Å². The lowest BCUT2D eigenvalue weighted by atomic mass is 10.3. The number of para-hydroxylation sites is 1. The quantitative estimate of drug-likeness (QED) is 0.838. The summed E-state index contributed by atoms with van der Waals surface area (Å²) in [5.41, 5.74) is 0. The fraction of sp³-hybridized carbons (Fsp3) is 0.200. The third kappa shape index (κ3) is 2.27. The lowest BCUT2D eigenvalue weighted by Gasteiger charge is -2.10. The Morgan fingerprint density at radius 3 is 2.88 bits per heavy atom. The number of H-pyrrole nitrogens is 1. The van der Waals surface area contributed by atoms with Gasteiger partial charge in [0.05, 0.1) is 0 Å². The lowest BCUT2D eigenvalue weighted by Crippen LogP contribution is -2.04. The molecule has 2 rings (SSSR count). The number of rotatable bonds is 3. The second-order valence-corrected chi connectivity index (χ2v) is 3.51. The van der Waals surface area contributed by atoms with Gasteiger partial charge in [0.1, 0.15) is 0 Å². The molecule has 0 aliphatic carbocycles. The van der Waals surface area contributed by atoms with Crippen molar-refractivity contribution in [2.75, 3.05) is 0 Å². The number of benzene rings is 1. The summed E-state index contributed by atoms with van der Waals surface area (Å²) in [6, 6.07) is 6.13. The normalized spacial score (nSPS) is 12.4. The first-order chi connectivity index (χ1) is 7.66. The van der Waals surface area contributed by atoms with Gasteiger partial charge in [-0.1, -0.05) is 12.1 Å². The second-order valence-electron chi connectivity index (χ2n) is 3.14. The molecule has 16 heavy (non-hydrogen) atoms. The van der Waals surface area contributed by atoms with Gasteiger partial charge in [0.25, 0.3) is 10.7 Å². The Labute approximate surface area is 96.1 Å². The number of ether oxygens (including phenoxy) is 1. The number of nitrogens with one attached hydrogen (secondary N) is 1. The highest BCUT2D eigenvalue weighted by molar-refractivity contribution is 7.71. The first-order valence-corrected chi connectivity index (χ1v) is 5.04. The summed E-state index contributed by atoms with van der Waals surface area (Å²) in [6.45, 7) is 1.70. The Morgan fingerprint density at radius 1 is 1.50 bits per heavy atom. The van der Waals surface area contributed by atoms with E-state index in [4.69, 9.17) is 21.4 Å². The SMILES string of the molecule is C[C@H](Oc1ccccc1F)c1n[nH]c(=S)o1. The summed E-state index contributed by atoms with van der Waals surface area (Å²) in [4.78, 5) is 0.166. The van der Waals surface area contributed by atoms with Crippen LogP contribution in [0.2, 0.25) is 0 Å². The predicted octanol–water partition coefficient (Wildman–Crippen LogP) is 3.01. The van der Waals surface area contributed by atoms with Gasteiger partial charge < -0.3 is 9.15 Å². The molecule has 0 unspecified atom stereocenters. The molecule has 0 amide bonds. The smallest absolute Gasteiger partial charge is 0.284 e. The second kappa shape index (κ2) is 4.44. The van der Waals surface area contributed by atoms with E-state index in [1.54, 1.807) is 19.1 Å². The van der Waals surface area contributed by atoms with Crippen LogP contribution >= 0.6 is 12.2 Å². The number of aromatic nitrogens is 2. The number of nitrogens with zero attached hydrogens (tertiary/aromatic N) is 1. The minimum atomic E-state index is -0.509. The Bertz CT molecular complexity index is 537. The van der Waals surface area contributed by atoms with Crippen molar-refractivity contribution in [2.45, 2.75) is 13.0 Å². The Morgan fingerprint density at radius 2 is 2.25 bits per heavy atom. The van der Waals surface area contributed by atoms with Gasteiger partial charge in [-0.2, -0.15) is 0 Å². The van der Waals surface area contributed by atoms with Crippen molar-refractivity contribution >= 4 is 12.2 Å². The van der Waals surface area contributed by atoms with E-state index in [-0.39, 0.29) is 16.5 Å². The van der Waals surface area contributed by atoms with Crippen LogP contribution in [0.1, 0.15) is 18.9 Å². The lowest BCUT2D eigenvalue weighted by molar-refractivity contribution is 0.180. The molecule has 0 saturated carbocycles. The fourth-order valence-corrected chi connectivity index (χ4v) is 1.33. The molecule has 0 radical (unpaired) electrons. The van der Waals surface area contributed by atoms with E-state index in [2.05, 4.69) is 10.2 Å². The molecule has 84 valence electrons. The molecule has 0 bridgehead atoms. The molecule has 1 aromatic carbocycles. The van der Waals surface area contributed by atoms with Crippen molar-refractivity contribution in [3.05, 3.63) is 40.8 Å². The van der Waals surface area contributed by atoms with Gasteiger partial charge in [-0.05, 0) is 31.3 Å². The van der Waals surface area contributed by atoms with E-state index < -0.39 is 11.9 Å². The van der Waals surface area contributed by atoms with Gasteiger partial charge in [0.2, 0.25) is 0 Å². The van der Waals surface area contributed by atoms with E-state index in [0.717, 1.165) is 0 Å². The molecule has 0 aliphatic heterocycles. The van der Waals surface area contributed by atoms with Crippen molar-refractivity contribution in [1.29, 1.82) is 0 Å². The van der Waals surface area contributed by atoms with E-state index in [9.17, 15) is 4.39 Å². The average molecular weight is 240 g/mol. The third-order valence-corrected chi connectivity index (χ3v) is 2.12. The van der Waals surface area contributed by atoms with Crippen LogP contribution in [0.15, 0.2) is 28.7 Å². The molecule has 0 fully saturated rings. The topological polar surface area (TPSA) is 51.0 Å². The molecule has 1 atom stereocenters. The standard InChI is InChI=1S/C10H9FN2O2S/c1-6(9-12-13-10(16)15-9)14-8-5-3-2-4-7(8)11/h2-6H,1H3,(H,13,16)/t6-/m0/s1. The van der Waals surface area contributed by atoms with Gasteiger partial charge in [-0.15, -0.1) is 5.10 Å².